The van der Waals surface area contributed by atoms with Crippen molar-refractivity contribution in [3.05, 3.63) is 28.8 Å². The quantitative estimate of drug-likeness (QED) is 0.625. The molecule has 1 aromatic carbocycles. The van der Waals surface area contributed by atoms with Crippen molar-refractivity contribution in [2.75, 3.05) is 12.4 Å². The number of nitrogens with zero attached hydrogens (tertiary/aromatic N) is 1. The smallest absolute Gasteiger partial charge is 0.174 e. The van der Waals surface area contributed by atoms with E-state index in [1.807, 2.05) is 6.07 Å². The molecule has 0 radical (unpaired) electrons. The summed E-state index contributed by atoms with van der Waals surface area (Å²) < 4.78 is 5.05. The van der Waals surface area contributed by atoms with Gasteiger partial charge in [-0.05, 0) is 24.6 Å². The molecule has 0 N–H and O–H groups in total. The van der Waals surface area contributed by atoms with E-state index in [1.54, 1.807) is 19.1 Å². The largest absolute Gasteiger partial charge is 0.497 e. The molecule has 0 bridgehead atoms. The van der Waals surface area contributed by atoms with Crippen molar-refractivity contribution in [3.63, 3.8) is 0 Å². The number of hydrogen-bond acceptors (Lipinski definition) is 3. The van der Waals surface area contributed by atoms with E-state index in [1.165, 1.54) is 7.11 Å². The van der Waals surface area contributed by atoms with E-state index >= 15 is 0 Å². The number of Topliss-reactive ketones (excluding diaryl/α,β-unsaturated/α-hetero) is 1. The van der Waals surface area contributed by atoms with Crippen LogP contribution in [0.25, 0.3) is 0 Å². The van der Waals surface area contributed by atoms with Crippen LogP contribution in [0, 0.1) is 18.3 Å². The number of aryl methyl sites for hydroxylation is 1. The number of carbonyl (C=O) groups is 1. The highest BCUT2D eigenvalue weighted by molar-refractivity contribution is 9.09. The van der Waals surface area contributed by atoms with Crippen molar-refractivity contribution in [2.24, 2.45) is 0 Å². The van der Waals surface area contributed by atoms with Crippen LogP contribution in [0.1, 0.15) is 21.5 Å². The molecular weight excluding hydrogens is 258 g/mol. The molecule has 0 heterocycles. The normalized spacial score (nSPS) is 9.47. The Morgan fingerprint density at radius 3 is 2.73 bits per heavy atom. The lowest BCUT2D eigenvalue weighted by molar-refractivity contribution is 0.102. The van der Waals surface area contributed by atoms with Gasteiger partial charge in [-0.3, -0.25) is 4.79 Å². The zero-order chi connectivity index (χ0) is 11.4. The minimum atomic E-state index is -0.117. The number of ether oxygens (including phenoxy) is 1. The SMILES string of the molecule is COc1cc(C)c(C#N)c(C(=O)CBr)c1. The minimum Gasteiger partial charge on any atom is -0.497 e. The molecule has 0 amide bonds. The van der Waals surface area contributed by atoms with Crippen LogP contribution in [0.4, 0.5) is 0 Å². The first-order chi connectivity index (χ1) is 7.13. The van der Waals surface area contributed by atoms with Gasteiger partial charge >= 0.3 is 0 Å². The second kappa shape index (κ2) is 4.94. The summed E-state index contributed by atoms with van der Waals surface area (Å²) in [6.45, 7) is 1.78. The highest BCUT2D eigenvalue weighted by atomic mass is 79.9. The lowest BCUT2D eigenvalue weighted by Crippen LogP contribution is -2.05. The lowest BCUT2D eigenvalue weighted by atomic mass is 10.00. The van der Waals surface area contributed by atoms with Crippen LogP contribution >= 0.6 is 15.9 Å². The molecule has 1 aromatic rings. The van der Waals surface area contributed by atoms with Crippen molar-refractivity contribution < 1.29 is 9.53 Å². The molecule has 3 nitrogen and oxygen atoms in total. The summed E-state index contributed by atoms with van der Waals surface area (Å²) in [7, 11) is 1.53. The fraction of sp³-hybridized carbons (Fsp3) is 0.273. The number of rotatable bonds is 3. The van der Waals surface area contributed by atoms with E-state index in [0.29, 0.717) is 16.9 Å². The Balaban J connectivity index is 3.40. The molecule has 0 saturated carbocycles. The molecule has 0 fully saturated rings. The topological polar surface area (TPSA) is 50.1 Å². The van der Waals surface area contributed by atoms with Crippen LogP contribution in [-0.2, 0) is 0 Å². The first-order valence-electron chi connectivity index (χ1n) is 4.32. The average Bonchev–Trinajstić information content (AvgIpc) is 2.26. The van der Waals surface area contributed by atoms with Gasteiger partial charge in [0.1, 0.15) is 11.8 Å². The maximum atomic E-state index is 11.6. The molecule has 0 atom stereocenters. The second-order valence-corrected chi connectivity index (χ2v) is 3.60. The zero-order valence-corrected chi connectivity index (χ0v) is 10.1. The van der Waals surface area contributed by atoms with Gasteiger partial charge in [0.15, 0.2) is 5.78 Å². The van der Waals surface area contributed by atoms with Crippen LogP contribution in [0.3, 0.4) is 0 Å². The Hall–Kier alpha value is -1.34. The van der Waals surface area contributed by atoms with Crippen molar-refractivity contribution in [1.82, 2.24) is 0 Å². The number of ketones is 1. The van der Waals surface area contributed by atoms with Crippen LogP contribution in [-0.4, -0.2) is 18.2 Å². The van der Waals surface area contributed by atoms with Gasteiger partial charge in [-0.15, -0.1) is 0 Å². The van der Waals surface area contributed by atoms with Crippen molar-refractivity contribution in [3.8, 4) is 11.8 Å². The van der Waals surface area contributed by atoms with Crippen LogP contribution in [0.5, 0.6) is 5.75 Å². The van der Waals surface area contributed by atoms with E-state index < -0.39 is 0 Å². The number of nitriles is 1. The van der Waals surface area contributed by atoms with Gasteiger partial charge in [-0.25, -0.2) is 0 Å². The van der Waals surface area contributed by atoms with Gasteiger partial charge in [0.25, 0.3) is 0 Å². The van der Waals surface area contributed by atoms with E-state index in [-0.39, 0.29) is 11.1 Å². The van der Waals surface area contributed by atoms with Crippen LogP contribution in [0.2, 0.25) is 0 Å². The molecular formula is C11H10BrNO2. The van der Waals surface area contributed by atoms with Crippen LogP contribution < -0.4 is 4.74 Å². The summed E-state index contributed by atoms with van der Waals surface area (Å²) in [6, 6.07) is 5.37. The van der Waals surface area contributed by atoms with Gasteiger partial charge in [0, 0.05) is 5.56 Å². The van der Waals surface area contributed by atoms with E-state index in [2.05, 4.69) is 15.9 Å². The second-order valence-electron chi connectivity index (χ2n) is 3.04. The van der Waals surface area contributed by atoms with Crippen molar-refractivity contribution in [1.29, 1.82) is 5.26 Å². The molecule has 78 valence electrons. The fourth-order valence-corrected chi connectivity index (χ4v) is 1.61. The Labute approximate surface area is 96.8 Å². The summed E-state index contributed by atoms with van der Waals surface area (Å²) in [5, 5.41) is 9.15. The molecule has 0 aliphatic rings. The van der Waals surface area contributed by atoms with Crippen molar-refractivity contribution in [2.45, 2.75) is 6.92 Å². The van der Waals surface area contributed by atoms with Gasteiger partial charge in [0.2, 0.25) is 0 Å². The molecule has 0 aliphatic heterocycles. The third-order valence-corrected chi connectivity index (χ3v) is 2.59. The van der Waals surface area contributed by atoms with E-state index in [0.717, 1.165) is 5.56 Å². The van der Waals surface area contributed by atoms with Crippen molar-refractivity contribution >= 4 is 21.7 Å². The molecule has 0 spiro atoms. The number of carbonyl (C=O) groups excluding carboxylic acids is 1. The van der Waals surface area contributed by atoms with E-state index in [4.69, 9.17) is 10.00 Å². The standard InChI is InChI=1S/C11H10BrNO2/c1-7-3-8(15-2)4-9(10(7)6-13)11(14)5-12/h3-4H,5H2,1-2H3. The molecule has 0 saturated heterocycles. The summed E-state index contributed by atoms with van der Waals surface area (Å²) in [5.74, 6) is 0.476. The summed E-state index contributed by atoms with van der Waals surface area (Å²) >= 11 is 3.09. The van der Waals surface area contributed by atoms with Gasteiger partial charge in [-0.2, -0.15) is 5.26 Å². The minimum absolute atomic E-state index is 0.117. The Kier molecular flexibility index (Phi) is 3.87. The Morgan fingerprint density at radius 2 is 2.27 bits per heavy atom. The Bertz CT molecular complexity index is 435. The van der Waals surface area contributed by atoms with E-state index in [9.17, 15) is 4.79 Å². The third-order valence-electron chi connectivity index (χ3n) is 2.08. The average molecular weight is 268 g/mol. The summed E-state index contributed by atoms with van der Waals surface area (Å²) in [5.41, 5.74) is 1.58. The number of alkyl halides is 1. The Morgan fingerprint density at radius 1 is 1.60 bits per heavy atom. The number of methoxy groups -OCH3 is 1. The van der Waals surface area contributed by atoms with Gasteiger partial charge in [-0.1, -0.05) is 15.9 Å². The highest BCUT2D eigenvalue weighted by Crippen LogP contribution is 2.22. The maximum absolute atomic E-state index is 11.6. The molecule has 0 unspecified atom stereocenters. The maximum Gasteiger partial charge on any atom is 0.174 e. The summed E-state index contributed by atoms with van der Waals surface area (Å²) in [4.78, 5) is 11.6. The molecule has 0 aromatic heterocycles. The molecule has 15 heavy (non-hydrogen) atoms. The summed E-state index contributed by atoms with van der Waals surface area (Å²) in [6.07, 6.45) is 0. The first kappa shape index (κ1) is 11.7. The number of hydrogen-bond donors (Lipinski definition) is 0. The predicted octanol–water partition coefficient (Wildman–Crippen LogP) is 2.45. The van der Waals surface area contributed by atoms with Gasteiger partial charge < -0.3 is 4.74 Å². The fourth-order valence-electron chi connectivity index (χ4n) is 1.31. The van der Waals surface area contributed by atoms with Gasteiger partial charge in [0.05, 0.1) is 18.0 Å². The molecule has 1 rings (SSSR count). The monoisotopic (exact) mass is 267 g/mol. The first-order valence-corrected chi connectivity index (χ1v) is 5.44. The third kappa shape index (κ3) is 2.37. The zero-order valence-electron chi connectivity index (χ0n) is 8.50. The molecule has 0 aliphatic carbocycles. The predicted molar refractivity (Wildman–Crippen MR) is 60.6 cm³/mol. The highest BCUT2D eigenvalue weighted by Gasteiger charge is 2.14. The number of benzene rings is 1. The van der Waals surface area contributed by atoms with Crippen LogP contribution in [0.15, 0.2) is 12.1 Å². The molecule has 4 heteroatoms. The lowest BCUT2D eigenvalue weighted by Gasteiger charge is -2.07. The number of halogens is 1.